The van der Waals surface area contributed by atoms with Crippen LogP contribution in [0.2, 0.25) is 0 Å². The van der Waals surface area contributed by atoms with Gasteiger partial charge in [-0.05, 0) is 18.1 Å². The molecule has 2 heterocycles. The molecule has 3 nitrogen and oxygen atoms in total. The zero-order valence-corrected chi connectivity index (χ0v) is 7.35. The van der Waals surface area contributed by atoms with Gasteiger partial charge in [0, 0.05) is 19.2 Å². The van der Waals surface area contributed by atoms with Gasteiger partial charge in [-0.3, -0.25) is 0 Å². The molecule has 0 aliphatic carbocycles. The summed E-state index contributed by atoms with van der Waals surface area (Å²) in [6.07, 6.45) is 0. The van der Waals surface area contributed by atoms with Crippen LogP contribution in [0, 0.1) is 6.92 Å². The Hall–Kier alpha value is -1.09. The van der Waals surface area contributed by atoms with Gasteiger partial charge in [0.15, 0.2) is 0 Å². The Labute approximate surface area is 71.8 Å². The van der Waals surface area contributed by atoms with E-state index >= 15 is 0 Å². The van der Waals surface area contributed by atoms with Gasteiger partial charge in [0.2, 0.25) is 5.88 Å². The summed E-state index contributed by atoms with van der Waals surface area (Å²) >= 11 is 0. The van der Waals surface area contributed by atoms with Gasteiger partial charge in [-0.25, -0.2) is 4.98 Å². The number of hydrogen-bond donors (Lipinski definition) is 1. The van der Waals surface area contributed by atoms with Crippen LogP contribution >= 0.6 is 0 Å². The smallest absolute Gasteiger partial charge is 0.213 e. The molecule has 0 fully saturated rings. The van der Waals surface area contributed by atoms with Crippen LogP contribution in [-0.2, 0) is 13.1 Å². The molecule has 2 rings (SSSR count). The first-order valence-electron chi connectivity index (χ1n) is 4.05. The molecule has 0 saturated carbocycles. The molecule has 0 radical (unpaired) electrons. The molecule has 0 unspecified atom stereocenters. The molecule has 1 aliphatic heterocycles. The van der Waals surface area contributed by atoms with Crippen molar-refractivity contribution in [2.75, 3.05) is 7.11 Å². The molecule has 1 aliphatic rings. The van der Waals surface area contributed by atoms with E-state index < -0.39 is 0 Å². The van der Waals surface area contributed by atoms with Gasteiger partial charge in [0.25, 0.3) is 0 Å². The molecule has 0 spiro atoms. The van der Waals surface area contributed by atoms with Crippen LogP contribution in [0.4, 0.5) is 0 Å². The minimum atomic E-state index is 0.718. The largest absolute Gasteiger partial charge is 0.481 e. The van der Waals surface area contributed by atoms with Crippen molar-refractivity contribution < 1.29 is 4.74 Å². The number of ether oxygens (including phenoxy) is 1. The first-order chi connectivity index (χ1) is 5.81. The van der Waals surface area contributed by atoms with Crippen molar-refractivity contribution in [3.63, 3.8) is 0 Å². The van der Waals surface area contributed by atoms with Crippen molar-refractivity contribution >= 4 is 0 Å². The van der Waals surface area contributed by atoms with Gasteiger partial charge in [-0.1, -0.05) is 0 Å². The van der Waals surface area contributed by atoms with Crippen LogP contribution in [0.25, 0.3) is 0 Å². The van der Waals surface area contributed by atoms with Crippen molar-refractivity contribution in [2.45, 2.75) is 20.0 Å². The minimum Gasteiger partial charge on any atom is -0.481 e. The normalized spacial score (nSPS) is 14.5. The SMILES string of the molecule is COc1cc(C)c2c(n1)CNC2. The molecular weight excluding hydrogens is 152 g/mol. The van der Waals surface area contributed by atoms with Crippen LogP contribution in [0.15, 0.2) is 6.07 Å². The highest BCUT2D eigenvalue weighted by Crippen LogP contribution is 2.21. The van der Waals surface area contributed by atoms with Crippen LogP contribution in [0.1, 0.15) is 16.8 Å². The van der Waals surface area contributed by atoms with E-state index in [0.717, 1.165) is 24.7 Å². The zero-order valence-electron chi connectivity index (χ0n) is 7.35. The van der Waals surface area contributed by atoms with Crippen LogP contribution in [0.5, 0.6) is 5.88 Å². The third kappa shape index (κ3) is 1.06. The molecule has 1 aromatic rings. The Morgan fingerprint density at radius 3 is 3.08 bits per heavy atom. The van der Waals surface area contributed by atoms with Crippen LogP contribution < -0.4 is 10.1 Å². The van der Waals surface area contributed by atoms with E-state index in [2.05, 4.69) is 17.2 Å². The molecule has 0 bridgehead atoms. The number of rotatable bonds is 1. The van der Waals surface area contributed by atoms with E-state index in [-0.39, 0.29) is 0 Å². The first kappa shape index (κ1) is 7.55. The monoisotopic (exact) mass is 164 g/mol. The number of fused-ring (bicyclic) bond motifs is 1. The second kappa shape index (κ2) is 2.75. The number of nitrogens with zero attached hydrogens (tertiary/aromatic N) is 1. The third-order valence-electron chi connectivity index (χ3n) is 2.21. The van der Waals surface area contributed by atoms with Crippen molar-refractivity contribution in [1.82, 2.24) is 10.3 Å². The highest BCUT2D eigenvalue weighted by molar-refractivity contribution is 5.36. The summed E-state index contributed by atoms with van der Waals surface area (Å²) in [5.74, 6) is 0.718. The summed E-state index contributed by atoms with van der Waals surface area (Å²) in [6.45, 7) is 3.90. The maximum atomic E-state index is 5.08. The fraction of sp³-hybridized carbons (Fsp3) is 0.444. The predicted octanol–water partition coefficient (Wildman–Crippen LogP) is 1.00. The number of pyridine rings is 1. The lowest BCUT2D eigenvalue weighted by Gasteiger charge is -2.04. The number of hydrogen-bond acceptors (Lipinski definition) is 3. The molecule has 3 heteroatoms. The fourth-order valence-electron chi connectivity index (χ4n) is 1.53. The lowest BCUT2D eigenvalue weighted by Crippen LogP contribution is -2.00. The van der Waals surface area contributed by atoms with Crippen molar-refractivity contribution in [3.05, 3.63) is 22.9 Å². The Balaban J connectivity index is 2.51. The number of aryl methyl sites for hydroxylation is 1. The summed E-state index contributed by atoms with van der Waals surface area (Å²) in [4.78, 5) is 4.35. The van der Waals surface area contributed by atoms with E-state index in [9.17, 15) is 0 Å². The maximum absolute atomic E-state index is 5.08. The average molecular weight is 164 g/mol. The zero-order chi connectivity index (χ0) is 8.55. The molecule has 12 heavy (non-hydrogen) atoms. The second-order valence-electron chi connectivity index (χ2n) is 3.01. The van der Waals surface area contributed by atoms with Crippen molar-refractivity contribution in [3.8, 4) is 5.88 Å². The molecule has 0 saturated heterocycles. The van der Waals surface area contributed by atoms with Crippen molar-refractivity contribution in [2.24, 2.45) is 0 Å². The van der Waals surface area contributed by atoms with Crippen molar-refractivity contribution in [1.29, 1.82) is 0 Å². The van der Waals surface area contributed by atoms with E-state index in [4.69, 9.17) is 4.74 Å². The fourth-order valence-corrected chi connectivity index (χ4v) is 1.53. The molecular formula is C9H12N2O. The van der Waals surface area contributed by atoms with Gasteiger partial charge >= 0.3 is 0 Å². The molecule has 0 aromatic carbocycles. The van der Waals surface area contributed by atoms with Gasteiger partial charge in [-0.15, -0.1) is 0 Å². The first-order valence-corrected chi connectivity index (χ1v) is 4.05. The number of methoxy groups -OCH3 is 1. The molecule has 64 valence electrons. The highest BCUT2D eigenvalue weighted by atomic mass is 16.5. The predicted molar refractivity (Wildman–Crippen MR) is 46.1 cm³/mol. The molecule has 0 atom stereocenters. The molecule has 1 aromatic heterocycles. The summed E-state index contributed by atoms with van der Waals surface area (Å²) in [5, 5.41) is 3.26. The van der Waals surface area contributed by atoms with E-state index in [0.29, 0.717) is 0 Å². The van der Waals surface area contributed by atoms with Gasteiger partial charge in [-0.2, -0.15) is 0 Å². The summed E-state index contributed by atoms with van der Waals surface area (Å²) in [6, 6.07) is 1.98. The number of aromatic nitrogens is 1. The van der Waals surface area contributed by atoms with E-state index in [1.165, 1.54) is 11.1 Å². The number of nitrogens with one attached hydrogen (secondary N) is 1. The molecule has 0 amide bonds. The highest BCUT2D eigenvalue weighted by Gasteiger charge is 2.14. The lowest BCUT2D eigenvalue weighted by atomic mass is 10.1. The minimum absolute atomic E-state index is 0.718. The summed E-state index contributed by atoms with van der Waals surface area (Å²) in [7, 11) is 1.65. The summed E-state index contributed by atoms with van der Waals surface area (Å²) in [5.41, 5.74) is 3.73. The van der Waals surface area contributed by atoms with E-state index in [1.807, 2.05) is 6.07 Å². The standard InChI is InChI=1S/C9H12N2O/c1-6-3-9(12-2)11-8-5-10-4-7(6)8/h3,10H,4-5H2,1-2H3. The molecule has 1 N–H and O–H groups in total. The van der Waals surface area contributed by atoms with Crippen LogP contribution in [-0.4, -0.2) is 12.1 Å². The van der Waals surface area contributed by atoms with Gasteiger partial charge in [0.05, 0.1) is 12.8 Å². The average Bonchev–Trinajstić information content (AvgIpc) is 2.52. The Morgan fingerprint density at radius 1 is 1.50 bits per heavy atom. The topological polar surface area (TPSA) is 34.1 Å². The maximum Gasteiger partial charge on any atom is 0.213 e. The lowest BCUT2D eigenvalue weighted by molar-refractivity contribution is 0.396. The Bertz CT molecular complexity index is 310. The van der Waals surface area contributed by atoms with Gasteiger partial charge < -0.3 is 10.1 Å². The van der Waals surface area contributed by atoms with E-state index in [1.54, 1.807) is 7.11 Å². The third-order valence-corrected chi connectivity index (χ3v) is 2.21. The second-order valence-corrected chi connectivity index (χ2v) is 3.01. The quantitative estimate of drug-likeness (QED) is 0.672. The Morgan fingerprint density at radius 2 is 2.33 bits per heavy atom. The van der Waals surface area contributed by atoms with Crippen LogP contribution in [0.3, 0.4) is 0 Å². The van der Waals surface area contributed by atoms with Gasteiger partial charge in [0.1, 0.15) is 0 Å². The summed E-state index contributed by atoms with van der Waals surface area (Å²) < 4.78 is 5.08. The Kier molecular flexibility index (Phi) is 1.73.